The van der Waals surface area contributed by atoms with E-state index in [1.54, 1.807) is 0 Å². The Morgan fingerprint density at radius 3 is 1.51 bits per heavy atom. The van der Waals surface area contributed by atoms with Crippen LogP contribution in [0.25, 0.3) is 83.1 Å². The molecule has 1 nitrogen and oxygen atoms in total. The maximum absolute atomic E-state index is 2.42. The van der Waals surface area contributed by atoms with Crippen LogP contribution in [0.1, 0.15) is 79.1 Å². The van der Waals surface area contributed by atoms with Crippen LogP contribution in [0.2, 0.25) is 0 Å². The molecule has 0 aliphatic heterocycles. The molecule has 2 aliphatic rings. The van der Waals surface area contributed by atoms with Crippen LogP contribution in [-0.4, -0.2) is 4.57 Å². The molecule has 0 radical (unpaired) electrons. The third kappa shape index (κ3) is 8.76. The summed E-state index contributed by atoms with van der Waals surface area (Å²) in [7, 11) is 0. The molecular formula is C72H61N. The average molecular weight is 940 g/mol. The first-order valence-corrected chi connectivity index (χ1v) is 25.7. The molecule has 354 valence electrons. The lowest BCUT2D eigenvalue weighted by atomic mass is 9.81. The van der Waals surface area contributed by atoms with Crippen LogP contribution >= 0.6 is 0 Å². The van der Waals surface area contributed by atoms with Crippen molar-refractivity contribution in [1.29, 1.82) is 0 Å². The van der Waals surface area contributed by atoms with E-state index in [0.29, 0.717) is 0 Å². The Hall–Kier alpha value is -8.52. The summed E-state index contributed by atoms with van der Waals surface area (Å²) in [6.45, 7) is 15.3. The number of para-hydroxylation sites is 1. The first-order chi connectivity index (χ1) is 35.6. The van der Waals surface area contributed by atoms with Crippen LogP contribution in [0.3, 0.4) is 0 Å². The highest BCUT2D eigenvalue weighted by Gasteiger charge is 2.35. The molecule has 13 rings (SSSR count). The summed E-state index contributed by atoms with van der Waals surface area (Å²) in [6.07, 6.45) is 2.08. The molecule has 0 spiro atoms. The van der Waals surface area contributed by atoms with E-state index in [2.05, 4.69) is 289 Å². The Kier molecular flexibility index (Phi) is 12.6. The van der Waals surface area contributed by atoms with Gasteiger partial charge < -0.3 is 4.57 Å². The molecule has 0 bridgehead atoms. The minimum absolute atomic E-state index is 0.0151. The Morgan fingerprint density at radius 2 is 0.849 bits per heavy atom. The lowest BCUT2D eigenvalue weighted by Gasteiger charge is -2.22. The van der Waals surface area contributed by atoms with Gasteiger partial charge >= 0.3 is 0 Å². The fraction of sp³-hybridized carbons (Fsp3) is 0.111. The maximum Gasteiger partial charge on any atom is 0.0541 e. The average Bonchev–Trinajstić information content (AvgIpc) is 4.01. The fourth-order valence-electron chi connectivity index (χ4n) is 11.0. The number of aromatic nitrogens is 1. The molecular weight excluding hydrogens is 879 g/mol. The van der Waals surface area contributed by atoms with Gasteiger partial charge in [-0.2, -0.15) is 0 Å². The van der Waals surface area contributed by atoms with E-state index in [0.717, 1.165) is 0 Å². The summed E-state index contributed by atoms with van der Waals surface area (Å²) in [5, 5.41) is 2.56. The Labute approximate surface area is 432 Å². The zero-order valence-corrected chi connectivity index (χ0v) is 43.0. The predicted molar refractivity (Wildman–Crippen MR) is 314 cm³/mol. The number of allylic oxidation sites excluding steroid dienone is 2. The second-order valence-corrected chi connectivity index (χ2v) is 20.4. The van der Waals surface area contributed by atoms with Crippen LogP contribution in [-0.2, 0) is 5.41 Å². The van der Waals surface area contributed by atoms with Crippen molar-refractivity contribution < 1.29 is 0 Å². The van der Waals surface area contributed by atoms with Gasteiger partial charge in [0.15, 0.2) is 0 Å². The Morgan fingerprint density at radius 1 is 0.384 bits per heavy atom. The van der Waals surface area contributed by atoms with Gasteiger partial charge in [0.05, 0.1) is 11.0 Å². The lowest BCUT2D eigenvalue weighted by molar-refractivity contribution is 0.660. The molecule has 1 aromatic heterocycles. The van der Waals surface area contributed by atoms with E-state index in [9.17, 15) is 0 Å². The summed E-state index contributed by atoms with van der Waals surface area (Å²) < 4.78 is 2.40. The van der Waals surface area contributed by atoms with Crippen molar-refractivity contribution in [3.8, 4) is 50.2 Å². The van der Waals surface area contributed by atoms with Crippen molar-refractivity contribution in [2.75, 3.05) is 0 Å². The van der Waals surface area contributed by atoms with Gasteiger partial charge in [-0.15, -0.1) is 0 Å². The van der Waals surface area contributed by atoms with Gasteiger partial charge in [0.2, 0.25) is 0 Å². The number of aryl methyl sites for hydroxylation is 2. The molecule has 0 saturated heterocycles. The zero-order valence-electron chi connectivity index (χ0n) is 43.0. The molecule has 0 atom stereocenters. The molecule has 0 N–H and O–H groups in total. The maximum atomic E-state index is 2.42. The van der Waals surface area contributed by atoms with Crippen molar-refractivity contribution in [2.24, 2.45) is 0 Å². The highest BCUT2D eigenvalue weighted by atomic mass is 15.0. The van der Waals surface area contributed by atoms with Gasteiger partial charge in [-0.3, -0.25) is 0 Å². The van der Waals surface area contributed by atoms with Crippen molar-refractivity contribution in [3.63, 3.8) is 0 Å². The first kappa shape index (κ1) is 46.8. The molecule has 10 aromatic carbocycles. The molecule has 0 amide bonds. The van der Waals surface area contributed by atoms with Gasteiger partial charge in [-0.25, -0.2) is 0 Å². The number of hydrogen-bond donors (Lipinski definition) is 0. The monoisotopic (exact) mass is 939 g/mol. The SMILES string of the molecule is CC=C(C)C.Cc1ccc2c(c1)C(=C(c1ccccc1)c1ccccc1)c1ccccc1-2.Cc1ccc2c(c1)C(C)(C)c1cc(-c3ccc4c(c3)c3ccccc3n4-c3ccc(-c4ccccc4)cc3)ccc1-2. The lowest BCUT2D eigenvalue weighted by Crippen LogP contribution is -2.15. The summed E-state index contributed by atoms with van der Waals surface area (Å²) in [5.41, 5.74) is 28.6. The highest BCUT2D eigenvalue weighted by Crippen LogP contribution is 2.51. The molecule has 2 aliphatic carbocycles. The summed E-state index contributed by atoms with van der Waals surface area (Å²) >= 11 is 0. The number of hydrogen-bond acceptors (Lipinski definition) is 0. The molecule has 11 aromatic rings. The van der Waals surface area contributed by atoms with Crippen molar-refractivity contribution in [3.05, 3.63) is 293 Å². The van der Waals surface area contributed by atoms with Gasteiger partial charge in [0.1, 0.15) is 0 Å². The van der Waals surface area contributed by atoms with Crippen LogP contribution in [0.15, 0.2) is 248 Å². The third-order valence-corrected chi connectivity index (χ3v) is 15.0. The molecule has 1 heteroatoms. The van der Waals surface area contributed by atoms with Crippen LogP contribution in [0, 0.1) is 13.8 Å². The summed E-state index contributed by atoms with van der Waals surface area (Å²) in [5.74, 6) is 0. The minimum Gasteiger partial charge on any atom is -0.309 e. The molecule has 0 saturated carbocycles. The van der Waals surface area contributed by atoms with Crippen LogP contribution in [0.4, 0.5) is 0 Å². The molecule has 73 heavy (non-hydrogen) atoms. The van der Waals surface area contributed by atoms with Gasteiger partial charge in [-0.1, -0.05) is 237 Å². The normalized spacial score (nSPS) is 12.4. The van der Waals surface area contributed by atoms with Gasteiger partial charge in [0.25, 0.3) is 0 Å². The number of rotatable bonds is 5. The van der Waals surface area contributed by atoms with Crippen molar-refractivity contribution in [1.82, 2.24) is 4.57 Å². The van der Waals surface area contributed by atoms with Crippen molar-refractivity contribution >= 4 is 33.0 Å². The van der Waals surface area contributed by atoms with E-state index in [4.69, 9.17) is 0 Å². The smallest absolute Gasteiger partial charge is 0.0541 e. The Balaban J connectivity index is 0.000000154. The minimum atomic E-state index is -0.0151. The third-order valence-electron chi connectivity index (χ3n) is 15.0. The summed E-state index contributed by atoms with van der Waals surface area (Å²) in [6, 6.07) is 86.3. The van der Waals surface area contributed by atoms with E-state index >= 15 is 0 Å². The van der Waals surface area contributed by atoms with E-state index in [1.165, 1.54) is 133 Å². The van der Waals surface area contributed by atoms with Gasteiger partial charge in [0, 0.05) is 21.9 Å². The van der Waals surface area contributed by atoms with Crippen molar-refractivity contribution in [2.45, 2.75) is 53.9 Å². The Bertz CT molecular complexity index is 3840. The van der Waals surface area contributed by atoms with E-state index in [-0.39, 0.29) is 5.41 Å². The first-order valence-electron chi connectivity index (χ1n) is 25.7. The molecule has 0 fully saturated rings. The predicted octanol–water partition coefficient (Wildman–Crippen LogP) is 19.7. The fourth-order valence-corrected chi connectivity index (χ4v) is 11.0. The molecule has 1 heterocycles. The quantitative estimate of drug-likeness (QED) is 0.152. The van der Waals surface area contributed by atoms with E-state index in [1.807, 2.05) is 6.92 Å². The number of benzene rings is 10. The number of nitrogens with zero attached hydrogens (tertiary/aromatic N) is 1. The largest absolute Gasteiger partial charge is 0.309 e. The second-order valence-electron chi connectivity index (χ2n) is 20.4. The topological polar surface area (TPSA) is 4.93 Å². The molecule has 0 unspecified atom stereocenters. The summed E-state index contributed by atoms with van der Waals surface area (Å²) in [4.78, 5) is 0. The van der Waals surface area contributed by atoms with Gasteiger partial charge in [-0.05, 0) is 160 Å². The zero-order chi connectivity index (χ0) is 50.2. The second kappa shape index (κ2) is 19.6. The number of fused-ring (bicyclic) bond motifs is 9. The van der Waals surface area contributed by atoms with E-state index < -0.39 is 0 Å². The highest BCUT2D eigenvalue weighted by molar-refractivity contribution is 6.14. The standard InChI is InChI=1S/C40H31N.C27H20.C5H10/c1-26-13-20-32-33-21-16-30(25-37(33)40(2,3)36(32)23-26)29-17-22-39-35(24-29)34-11-7-8-12-38(34)41(39)31-18-14-28(15-19-31)27-9-5-4-6-10-27;1-19-16-17-23-22-14-8-9-15-24(22)27(25(23)18-19)26(20-10-4-2-5-11-20)21-12-6-3-7-13-21;1-4-5(2)3/h4-25H,1-3H3;2-18H,1H3;4H,1-3H3. The van der Waals surface area contributed by atoms with Crippen LogP contribution < -0.4 is 0 Å². The van der Waals surface area contributed by atoms with Crippen LogP contribution in [0.5, 0.6) is 0 Å².